The molecule has 0 bridgehead atoms. The fourth-order valence-electron chi connectivity index (χ4n) is 1.98. The summed E-state index contributed by atoms with van der Waals surface area (Å²) in [4.78, 5) is 15.2. The summed E-state index contributed by atoms with van der Waals surface area (Å²) in [5.74, 6) is -0.121. The number of hydrogen-bond donors (Lipinski definition) is 1. The maximum atomic E-state index is 12.1. The lowest BCUT2D eigenvalue weighted by Crippen LogP contribution is -2.26. The van der Waals surface area contributed by atoms with E-state index in [4.69, 9.17) is 0 Å². The lowest BCUT2D eigenvalue weighted by Gasteiger charge is -2.14. The topological polar surface area (TPSA) is 44.7 Å². The first kappa shape index (κ1) is 18.5. The maximum absolute atomic E-state index is 12.1. The summed E-state index contributed by atoms with van der Waals surface area (Å²) < 4.78 is 0.982. The van der Waals surface area contributed by atoms with Crippen molar-refractivity contribution in [2.75, 3.05) is 19.0 Å². The van der Waals surface area contributed by atoms with Gasteiger partial charge in [0.1, 0.15) is 0 Å². The molecule has 0 aliphatic carbocycles. The molecule has 4 nitrogen and oxygen atoms in total. The van der Waals surface area contributed by atoms with Gasteiger partial charge in [-0.1, -0.05) is 24.3 Å². The van der Waals surface area contributed by atoms with Crippen LogP contribution in [-0.4, -0.2) is 31.5 Å². The normalized spacial score (nSPS) is 12.2. The third-order valence-corrected chi connectivity index (χ3v) is 5.01. The number of hydrogen-bond acceptors (Lipinski definition) is 4. The van der Waals surface area contributed by atoms with E-state index >= 15 is 0 Å². The summed E-state index contributed by atoms with van der Waals surface area (Å²) in [6.07, 6.45) is 1.64. The number of benzene rings is 2. The lowest BCUT2D eigenvalue weighted by molar-refractivity contribution is -0.120. The Hall–Kier alpha value is -1.79. The predicted octanol–water partition coefficient (Wildman–Crippen LogP) is 4.15. The van der Waals surface area contributed by atoms with Crippen molar-refractivity contribution in [3.63, 3.8) is 0 Å². The van der Waals surface area contributed by atoms with Gasteiger partial charge in [0, 0.05) is 23.5 Å². The highest BCUT2D eigenvalue weighted by Gasteiger charge is 2.13. The van der Waals surface area contributed by atoms with E-state index in [1.807, 2.05) is 74.4 Å². The second-order valence-corrected chi connectivity index (χ2v) is 7.68. The third-order valence-electron chi connectivity index (χ3n) is 3.27. The fraction of sp³-hybridized carbons (Fsp3) is 0.222. The molecule has 0 saturated carbocycles. The highest BCUT2D eigenvalue weighted by Crippen LogP contribution is 2.25. The van der Waals surface area contributed by atoms with Crippen molar-refractivity contribution in [2.24, 2.45) is 5.10 Å². The molecule has 2 rings (SSSR count). The number of amides is 1. The van der Waals surface area contributed by atoms with Crippen LogP contribution in [0.25, 0.3) is 0 Å². The maximum Gasteiger partial charge on any atom is 0.253 e. The van der Waals surface area contributed by atoms with Crippen LogP contribution in [0.1, 0.15) is 12.5 Å². The molecule has 0 saturated heterocycles. The van der Waals surface area contributed by atoms with Crippen molar-refractivity contribution in [1.29, 1.82) is 0 Å². The Balaban J connectivity index is 1.91. The molecule has 0 radical (unpaired) electrons. The van der Waals surface area contributed by atoms with Crippen LogP contribution in [-0.2, 0) is 4.79 Å². The number of hydrazone groups is 1. The van der Waals surface area contributed by atoms with E-state index in [1.54, 1.807) is 6.21 Å². The fourth-order valence-corrected chi connectivity index (χ4v) is 3.62. The molecule has 0 unspecified atom stereocenters. The Bertz CT molecular complexity index is 719. The zero-order chi connectivity index (χ0) is 17.5. The minimum atomic E-state index is -0.215. The minimum absolute atomic E-state index is 0.121. The molecule has 1 amide bonds. The Morgan fingerprint density at radius 2 is 1.96 bits per heavy atom. The molecule has 0 spiro atoms. The van der Waals surface area contributed by atoms with Crippen LogP contribution in [0.4, 0.5) is 5.69 Å². The lowest BCUT2D eigenvalue weighted by atomic mass is 10.2. The van der Waals surface area contributed by atoms with E-state index in [0.29, 0.717) is 0 Å². The van der Waals surface area contributed by atoms with Crippen LogP contribution in [0, 0.1) is 0 Å². The number of thioether (sulfide) groups is 1. The summed E-state index contributed by atoms with van der Waals surface area (Å²) in [7, 11) is 3.97. The first-order chi connectivity index (χ1) is 11.5. The molecule has 0 aliphatic heterocycles. The SMILES string of the molecule is C[C@H](Sc1ccccc1)C(=O)N/N=C\c1ccc(N(C)C)c(Br)c1. The van der Waals surface area contributed by atoms with Crippen molar-refractivity contribution >= 4 is 45.5 Å². The Morgan fingerprint density at radius 1 is 1.25 bits per heavy atom. The van der Waals surface area contributed by atoms with E-state index in [9.17, 15) is 4.79 Å². The first-order valence-corrected chi connectivity index (χ1v) is 9.16. The second-order valence-electron chi connectivity index (χ2n) is 5.41. The third kappa shape index (κ3) is 5.39. The van der Waals surface area contributed by atoms with Crippen LogP contribution in [0.3, 0.4) is 0 Å². The molecule has 2 aromatic rings. The standard InChI is InChI=1S/C18H20BrN3OS/c1-13(24-15-7-5-4-6-8-15)18(23)21-20-12-14-9-10-17(22(2)3)16(19)11-14/h4-13H,1-3H3,(H,21,23)/b20-12-/t13-/m0/s1. The van der Waals surface area contributed by atoms with Gasteiger partial charge in [-0.3, -0.25) is 4.79 Å². The molecule has 0 heterocycles. The van der Waals surface area contributed by atoms with Gasteiger partial charge in [-0.15, -0.1) is 11.8 Å². The van der Waals surface area contributed by atoms with E-state index in [-0.39, 0.29) is 11.2 Å². The predicted molar refractivity (Wildman–Crippen MR) is 106 cm³/mol. The van der Waals surface area contributed by atoms with Gasteiger partial charge in [0.05, 0.1) is 17.2 Å². The van der Waals surface area contributed by atoms with Crippen LogP contribution in [0.15, 0.2) is 63.0 Å². The van der Waals surface area contributed by atoms with E-state index in [0.717, 1.165) is 20.6 Å². The summed E-state index contributed by atoms with van der Waals surface area (Å²) >= 11 is 5.04. The Morgan fingerprint density at radius 3 is 2.58 bits per heavy atom. The molecular weight excluding hydrogens is 386 g/mol. The van der Waals surface area contributed by atoms with Gasteiger partial charge in [-0.05, 0) is 52.7 Å². The number of carbonyl (C=O) groups excluding carboxylic acids is 1. The van der Waals surface area contributed by atoms with E-state index < -0.39 is 0 Å². The number of anilines is 1. The van der Waals surface area contributed by atoms with E-state index in [2.05, 4.69) is 26.5 Å². The summed E-state index contributed by atoms with van der Waals surface area (Å²) in [6.45, 7) is 1.87. The van der Waals surface area contributed by atoms with E-state index in [1.165, 1.54) is 11.8 Å². The van der Waals surface area contributed by atoms with Crippen LogP contribution < -0.4 is 10.3 Å². The number of nitrogens with one attached hydrogen (secondary N) is 1. The molecule has 0 aromatic heterocycles. The summed E-state index contributed by atoms with van der Waals surface area (Å²) in [5, 5.41) is 3.83. The minimum Gasteiger partial charge on any atom is -0.377 e. The van der Waals surface area contributed by atoms with Crippen LogP contribution in [0.2, 0.25) is 0 Å². The highest BCUT2D eigenvalue weighted by atomic mass is 79.9. The van der Waals surface area contributed by atoms with Gasteiger partial charge in [0.15, 0.2) is 0 Å². The van der Waals surface area contributed by atoms with Crippen molar-refractivity contribution < 1.29 is 4.79 Å². The molecule has 0 aliphatic rings. The molecule has 24 heavy (non-hydrogen) atoms. The van der Waals surface area contributed by atoms with Crippen molar-refractivity contribution in [3.8, 4) is 0 Å². The number of halogens is 1. The van der Waals surface area contributed by atoms with Crippen molar-refractivity contribution in [3.05, 3.63) is 58.6 Å². The van der Waals surface area contributed by atoms with Crippen molar-refractivity contribution in [1.82, 2.24) is 5.43 Å². The van der Waals surface area contributed by atoms with Gasteiger partial charge >= 0.3 is 0 Å². The molecule has 0 fully saturated rings. The molecule has 126 valence electrons. The molecular formula is C18H20BrN3OS. The van der Waals surface area contributed by atoms with Gasteiger partial charge in [0.25, 0.3) is 5.91 Å². The zero-order valence-corrected chi connectivity index (χ0v) is 16.3. The summed E-state index contributed by atoms with van der Waals surface area (Å²) in [5.41, 5.74) is 4.59. The molecule has 1 atom stereocenters. The second kappa shape index (κ2) is 8.89. The van der Waals surface area contributed by atoms with Gasteiger partial charge in [-0.2, -0.15) is 5.10 Å². The smallest absolute Gasteiger partial charge is 0.253 e. The van der Waals surface area contributed by atoms with Crippen molar-refractivity contribution in [2.45, 2.75) is 17.1 Å². The molecule has 2 aromatic carbocycles. The van der Waals surface area contributed by atoms with Crippen LogP contribution >= 0.6 is 27.7 Å². The van der Waals surface area contributed by atoms with Crippen LogP contribution in [0.5, 0.6) is 0 Å². The Labute approximate surface area is 155 Å². The largest absolute Gasteiger partial charge is 0.377 e. The summed E-state index contributed by atoms with van der Waals surface area (Å²) in [6, 6.07) is 15.8. The molecule has 6 heteroatoms. The average molecular weight is 406 g/mol. The zero-order valence-electron chi connectivity index (χ0n) is 13.9. The quantitative estimate of drug-likeness (QED) is 0.446. The monoisotopic (exact) mass is 405 g/mol. The average Bonchev–Trinajstić information content (AvgIpc) is 2.55. The molecule has 1 N–H and O–H groups in total. The first-order valence-electron chi connectivity index (χ1n) is 7.49. The number of carbonyl (C=O) groups is 1. The number of nitrogens with zero attached hydrogens (tertiary/aromatic N) is 2. The number of rotatable bonds is 6. The van der Waals surface area contributed by atoms with Gasteiger partial charge < -0.3 is 4.90 Å². The highest BCUT2D eigenvalue weighted by molar-refractivity contribution is 9.10. The van der Waals surface area contributed by atoms with Gasteiger partial charge in [-0.25, -0.2) is 5.43 Å². The Kier molecular flexibility index (Phi) is 6.87. The van der Waals surface area contributed by atoms with Gasteiger partial charge in [0.2, 0.25) is 0 Å².